The van der Waals surface area contributed by atoms with E-state index in [4.69, 9.17) is 5.11 Å². The fraction of sp³-hybridized carbons (Fsp3) is 0. The lowest BCUT2D eigenvalue weighted by atomic mass is 10.2. The molecule has 0 spiro atoms. The number of benzene rings is 1. The summed E-state index contributed by atoms with van der Waals surface area (Å²) < 4.78 is 30.9. The number of carboxylic acids is 1. The molecule has 0 bridgehead atoms. The van der Waals surface area contributed by atoms with E-state index in [0.29, 0.717) is 0 Å². The maximum Gasteiger partial charge on any atom is 0.374 e. The van der Waals surface area contributed by atoms with E-state index in [1.165, 1.54) is 0 Å². The Morgan fingerprint density at radius 1 is 1.26 bits per heavy atom. The molecule has 0 fully saturated rings. The van der Waals surface area contributed by atoms with E-state index in [0.717, 1.165) is 24.3 Å². The molecule has 1 heterocycles. The smallest absolute Gasteiger partial charge is 0.374 e. The van der Waals surface area contributed by atoms with E-state index in [1.54, 1.807) is 0 Å². The summed E-state index contributed by atoms with van der Waals surface area (Å²) in [4.78, 5) is 22.1. The first-order valence-electron chi connectivity index (χ1n) is 4.94. The van der Waals surface area contributed by atoms with Gasteiger partial charge >= 0.3 is 5.97 Å². The monoisotopic (exact) mass is 268 g/mol. The highest BCUT2D eigenvalue weighted by atomic mass is 19.1. The highest BCUT2D eigenvalue weighted by Gasteiger charge is 2.19. The molecular weight excluding hydrogens is 262 g/mol. The first-order valence-corrected chi connectivity index (χ1v) is 4.94. The third-order valence-electron chi connectivity index (χ3n) is 2.15. The number of halogens is 2. The molecule has 0 aliphatic heterocycles. The normalized spacial score (nSPS) is 10.2. The number of nitrogens with zero attached hydrogens (tertiary/aromatic N) is 1. The molecule has 6 nitrogen and oxygen atoms in total. The molecule has 98 valence electrons. The van der Waals surface area contributed by atoms with Crippen LogP contribution in [0.15, 0.2) is 28.8 Å². The number of carbonyl (C=O) groups excluding carboxylic acids is 1. The number of carboxylic acid groups (broad SMARTS) is 1. The van der Waals surface area contributed by atoms with Crippen LogP contribution >= 0.6 is 0 Å². The number of hydrogen-bond acceptors (Lipinski definition) is 4. The van der Waals surface area contributed by atoms with Crippen molar-refractivity contribution < 1.29 is 28.0 Å². The Balaban J connectivity index is 2.23. The number of aromatic nitrogens is 1. The van der Waals surface area contributed by atoms with Crippen LogP contribution in [-0.4, -0.2) is 22.1 Å². The summed E-state index contributed by atoms with van der Waals surface area (Å²) in [6.07, 6.45) is 0. The van der Waals surface area contributed by atoms with Crippen molar-refractivity contribution in [3.05, 3.63) is 47.4 Å². The minimum atomic E-state index is -1.41. The number of aromatic carboxylic acids is 1. The van der Waals surface area contributed by atoms with Crippen molar-refractivity contribution >= 4 is 17.6 Å². The SMILES string of the molecule is O=C(Nc1c(F)cccc1F)c1cc(C(=O)O)on1. The molecule has 0 saturated heterocycles. The zero-order valence-corrected chi connectivity index (χ0v) is 9.18. The highest BCUT2D eigenvalue weighted by molar-refractivity contribution is 6.03. The standard InChI is InChI=1S/C11H6F2N2O4/c12-5-2-1-3-6(13)9(5)14-10(16)7-4-8(11(17)18)19-15-7/h1-4H,(H,14,16)(H,17,18). The molecule has 8 heteroatoms. The number of carbonyl (C=O) groups is 2. The van der Waals surface area contributed by atoms with E-state index in [9.17, 15) is 18.4 Å². The second-order valence-electron chi connectivity index (χ2n) is 3.43. The number of para-hydroxylation sites is 1. The third kappa shape index (κ3) is 2.57. The van der Waals surface area contributed by atoms with Gasteiger partial charge in [-0.05, 0) is 12.1 Å². The van der Waals surface area contributed by atoms with Crippen molar-refractivity contribution in [2.24, 2.45) is 0 Å². The molecule has 2 N–H and O–H groups in total. The number of hydrogen-bond donors (Lipinski definition) is 2. The maximum atomic E-state index is 13.3. The van der Waals surface area contributed by atoms with Crippen molar-refractivity contribution in [3.8, 4) is 0 Å². The van der Waals surface area contributed by atoms with E-state index in [1.807, 2.05) is 5.32 Å². The summed E-state index contributed by atoms with van der Waals surface area (Å²) in [6, 6.07) is 3.91. The fourth-order valence-corrected chi connectivity index (χ4v) is 1.28. The first-order chi connectivity index (χ1) is 8.99. The molecule has 2 rings (SSSR count). The lowest BCUT2D eigenvalue weighted by Gasteiger charge is -2.04. The lowest BCUT2D eigenvalue weighted by Crippen LogP contribution is -2.14. The van der Waals surface area contributed by atoms with Gasteiger partial charge in [-0.2, -0.15) is 0 Å². The van der Waals surface area contributed by atoms with Gasteiger partial charge in [0, 0.05) is 6.07 Å². The Labute approximate surface area is 104 Å². The zero-order chi connectivity index (χ0) is 14.0. The Bertz CT molecular complexity index is 634. The van der Waals surface area contributed by atoms with E-state index < -0.39 is 40.7 Å². The largest absolute Gasteiger partial charge is 0.475 e. The molecule has 1 aromatic heterocycles. The van der Waals surface area contributed by atoms with Gasteiger partial charge in [0.05, 0.1) is 0 Å². The molecule has 19 heavy (non-hydrogen) atoms. The van der Waals surface area contributed by atoms with Crippen molar-refractivity contribution in [1.29, 1.82) is 0 Å². The molecule has 0 unspecified atom stereocenters. The van der Waals surface area contributed by atoms with Crippen LogP contribution in [0.5, 0.6) is 0 Å². The summed E-state index contributed by atoms with van der Waals surface area (Å²) in [5, 5.41) is 13.7. The molecule has 0 atom stereocenters. The van der Waals surface area contributed by atoms with E-state index >= 15 is 0 Å². The van der Waals surface area contributed by atoms with E-state index in [-0.39, 0.29) is 0 Å². The molecular formula is C11H6F2N2O4. The quantitative estimate of drug-likeness (QED) is 0.886. The zero-order valence-electron chi connectivity index (χ0n) is 9.18. The van der Waals surface area contributed by atoms with Crippen molar-refractivity contribution in [3.63, 3.8) is 0 Å². The average Bonchev–Trinajstić information content (AvgIpc) is 2.83. The highest BCUT2D eigenvalue weighted by Crippen LogP contribution is 2.18. The van der Waals surface area contributed by atoms with Gasteiger partial charge in [-0.25, -0.2) is 13.6 Å². The Morgan fingerprint density at radius 2 is 1.89 bits per heavy atom. The second-order valence-corrected chi connectivity index (χ2v) is 3.43. The number of rotatable bonds is 3. The minimum Gasteiger partial charge on any atom is -0.475 e. The third-order valence-corrected chi connectivity index (χ3v) is 2.15. The summed E-state index contributed by atoms with van der Waals surface area (Å²) in [7, 11) is 0. The Morgan fingerprint density at radius 3 is 2.42 bits per heavy atom. The molecule has 2 aromatic rings. The fourth-order valence-electron chi connectivity index (χ4n) is 1.28. The molecule has 0 saturated carbocycles. The minimum absolute atomic E-state index is 0.403. The molecule has 1 aromatic carbocycles. The lowest BCUT2D eigenvalue weighted by molar-refractivity contribution is 0.0651. The van der Waals surface area contributed by atoms with Crippen LogP contribution in [0.2, 0.25) is 0 Å². The van der Waals surface area contributed by atoms with Gasteiger partial charge in [0.25, 0.3) is 5.91 Å². The van der Waals surface area contributed by atoms with Gasteiger partial charge in [0.1, 0.15) is 17.3 Å². The van der Waals surface area contributed by atoms with Gasteiger partial charge in [0.2, 0.25) is 5.76 Å². The topological polar surface area (TPSA) is 92.4 Å². The first kappa shape index (κ1) is 12.7. The number of anilines is 1. The van der Waals surface area contributed by atoms with Gasteiger partial charge in [-0.1, -0.05) is 11.2 Å². The number of nitrogens with one attached hydrogen (secondary N) is 1. The van der Waals surface area contributed by atoms with Gasteiger partial charge in [-0.15, -0.1) is 0 Å². The Kier molecular flexibility index (Phi) is 3.23. The molecule has 0 radical (unpaired) electrons. The van der Waals surface area contributed by atoms with Gasteiger partial charge < -0.3 is 14.9 Å². The second kappa shape index (κ2) is 4.84. The van der Waals surface area contributed by atoms with E-state index in [2.05, 4.69) is 9.68 Å². The summed E-state index contributed by atoms with van der Waals surface area (Å²) >= 11 is 0. The van der Waals surface area contributed by atoms with Crippen LogP contribution in [0.4, 0.5) is 14.5 Å². The van der Waals surface area contributed by atoms with Crippen LogP contribution < -0.4 is 5.32 Å². The van der Waals surface area contributed by atoms with Crippen molar-refractivity contribution in [2.45, 2.75) is 0 Å². The predicted molar refractivity (Wildman–Crippen MR) is 57.8 cm³/mol. The summed E-state index contributed by atoms with van der Waals surface area (Å²) in [5.74, 6) is -4.88. The van der Waals surface area contributed by atoms with Crippen LogP contribution in [-0.2, 0) is 0 Å². The van der Waals surface area contributed by atoms with Crippen LogP contribution in [0.3, 0.4) is 0 Å². The predicted octanol–water partition coefficient (Wildman–Crippen LogP) is 1.90. The summed E-state index contributed by atoms with van der Waals surface area (Å²) in [5.41, 5.74) is -1.05. The van der Waals surface area contributed by atoms with Crippen molar-refractivity contribution in [2.75, 3.05) is 5.32 Å². The van der Waals surface area contributed by atoms with Gasteiger partial charge in [-0.3, -0.25) is 4.79 Å². The van der Waals surface area contributed by atoms with Crippen molar-refractivity contribution in [1.82, 2.24) is 5.16 Å². The average molecular weight is 268 g/mol. The Hall–Kier alpha value is -2.77. The summed E-state index contributed by atoms with van der Waals surface area (Å²) in [6.45, 7) is 0. The van der Waals surface area contributed by atoms with Crippen LogP contribution in [0.25, 0.3) is 0 Å². The van der Waals surface area contributed by atoms with Gasteiger partial charge in [0.15, 0.2) is 5.69 Å². The number of amides is 1. The molecule has 0 aliphatic carbocycles. The van der Waals surface area contributed by atoms with Crippen LogP contribution in [0.1, 0.15) is 21.0 Å². The van der Waals surface area contributed by atoms with Crippen LogP contribution in [0, 0.1) is 11.6 Å². The maximum absolute atomic E-state index is 13.3. The molecule has 1 amide bonds. The molecule has 0 aliphatic rings.